The third-order valence-corrected chi connectivity index (χ3v) is 2.51. The van der Waals surface area contributed by atoms with Gasteiger partial charge in [-0.15, -0.1) is 0 Å². The van der Waals surface area contributed by atoms with Gasteiger partial charge >= 0.3 is 0 Å². The molecule has 0 unspecified atom stereocenters. The summed E-state index contributed by atoms with van der Waals surface area (Å²) in [6, 6.07) is 14.2. The number of hydrogen-bond donors (Lipinski definition) is 0. The van der Waals surface area contributed by atoms with Gasteiger partial charge in [-0.3, -0.25) is 0 Å². The average Bonchev–Trinajstić information content (AvgIpc) is 2.30. The lowest BCUT2D eigenvalue weighted by Gasteiger charge is -2.01. The van der Waals surface area contributed by atoms with Gasteiger partial charge in [0.15, 0.2) is 0 Å². The van der Waals surface area contributed by atoms with Gasteiger partial charge in [0, 0.05) is 5.56 Å². The van der Waals surface area contributed by atoms with Crippen molar-refractivity contribution in [2.24, 2.45) is 0 Å². The van der Waals surface area contributed by atoms with E-state index in [0.29, 0.717) is 13.0 Å². The van der Waals surface area contributed by atoms with Crippen LogP contribution in [0, 0.1) is 17.9 Å². The summed E-state index contributed by atoms with van der Waals surface area (Å²) in [5.41, 5.74) is 2.07. The second kappa shape index (κ2) is 4.47. The zero-order chi connectivity index (χ0) is 11.4. The summed E-state index contributed by atoms with van der Waals surface area (Å²) in [6.07, 6.45) is 0.444. The zero-order valence-corrected chi connectivity index (χ0v) is 8.77. The molecule has 0 aliphatic carbocycles. The van der Waals surface area contributed by atoms with Crippen LogP contribution >= 0.6 is 0 Å². The number of fused-ring (bicyclic) bond motifs is 1. The highest BCUT2D eigenvalue weighted by Gasteiger charge is 1.99. The van der Waals surface area contributed by atoms with Gasteiger partial charge in [-0.2, -0.15) is 5.26 Å². The van der Waals surface area contributed by atoms with E-state index in [1.54, 1.807) is 0 Å². The normalized spacial score (nSPS) is 9.62. The van der Waals surface area contributed by atoms with E-state index in [4.69, 9.17) is 11.8 Å². The predicted molar refractivity (Wildman–Crippen MR) is 63.6 cm³/mol. The fraction of sp³-hybridized carbons (Fsp3) is 0.143. The van der Waals surface area contributed by atoms with Crippen molar-refractivity contribution in [3.05, 3.63) is 58.9 Å². The topological polar surface area (TPSA) is 28.1 Å². The Balaban J connectivity index is 2.46. The molecule has 0 aliphatic rings. The van der Waals surface area contributed by atoms with E-state index < -0.39 is 0 Å². The Hall–Kier alpha value is -2.32. The molecule has 0 saturated carbocycles. The van der Waals surface area contributed by atoms with Crippen molar-refractivity contribution in [1.29, 1.82) is 5.26 Å². The van der Waals surface area contributed by atoms with Crippen LogP contribution in [0.1, 0.15) is 11.1 Å². The molecule has 2 aromatic rings. The first kappa shape index (κ1) is 10.2. The molecule has 2 nitrogen and oxygen atoms in total. The Morgan fingerprint density at radius 1 is 1.06 bits per heavy atom. The van der Waals surface area contributed by atoms with E-state index in [1.807, 2.05) is 36.4 Å². The van der Waals surface area contributed by atoms with Gasteiger partial charge in [-0.1, -0.05) is 30.3 Å². The van der Waals surface area contributed by atoms with Crippen LogP contribution in [0.3, 0.4) is 0 Å². The number of nitriles is 1. The third kappa shape index (κ3) is 2.02. The summed E-state index contributed by atoms with van der Waals surface area (Å²) in [6.45, 7) is 7.25. The second-order valence-electron chi connectivity index (χ2n) is 3.67. The minimum Gasteiger partial charge on any atom is -0.312 e. The maximum atomic E-state index is 8.62. The molecule has 0 heterocycles. The standard InChI is InChI=1S/C14H10N2/c1-16-10-12-3-5-13-8-11(6-7-15)2-4-14(13)9-12/h2-5,8-9H,6,10H2. The first-order valence-corrected chi connectivity index (χ1v) is 5.05. The van der Waals surface area contributed by atoms with Gasteiger partial charge in [0.25, 0.3) is 0 Å². The molecule has 0 aromatic heterocycles. The summed E-state index contributed by atoms with van der Waals surface area (Å²) in [7, 11) is 0. The molecule has 2 rings (SSSR count). The lowest BCUT2D eigenvalue weighted by molar-refractivity contribution is 1.26. The Bertz CT molecular complexity index is 545. The second-order valence-corrected chi connectivity index (χ2v) is 3.67. The zero-order valence-electron chi connectivity index (χ0n) is 8.77. The molecular weight excluding hydrogens is 196 g/mol. The van der Waals surface area contributed by atoms with Crippen LogP contribution in [0.15, 0.2) is 36.4 Å². The van der Waals surface area contributed by atoms with Crippen molar-refractivity contribution in [3.8, 4) is 6.07 Å². The number of benzene rings is 2. The number of nitrogens with zero attached hydrogens (tertiary/aromatic N) is 2. The van der Waals surface area contributed by atoms with E-state index in [0.717, 1.165) is 21.9 Å². The van der Waals surface area contributed by atoms with Crippen LogP contribution in [0.5, 0.6) is 0 Å². The highest BCUT2D eigenvalue weighted by atomic mass is 14.6. The molecule has 0 aliphatic heterocycles. The fourth-order valence-corrected chi connectivity index (χ4v) is 1.74. The van der Waals surface area contributed by atoms with Crippen LogP contribution in [-0.4, -0.2) is 0 Å². The molecule has 0 bridgehead atoms. The molecule has 0 fully saturated rings. The van der Waals surface area contributed by atoms with Crippen molar-refractivity contribution in [2.45, 2.75) is 13.0 Å². The predicted octanol–water partition coefficient (Wildman–Crippen LogP) is 3.33. The van der Waals surface area contributed by atoms with Crippen LogP contribution in [0.25, 0.3) is 15.6 Å². The first-order valence-electron chi connectivity index (χ1n) is 5.05. The molecule has 0 saturated heterocycles. The van der Waals surface area contributed by atoms with Gasteiger partial charge < -0.3 is 4.85 Å². The molecule has 2 heteroatoms. The maximum absolute atomic E-state index is 8.62. The van der Waals surface area contributed by atoms with E-state index in [1.165, 1.54) is 0 Å². The smallest absolute Gasteiger partial charge is 0.239 e. The van der Waals surface area contributed by atoms with Gasteiger partial charge in [-0.05, 0) is 22.4 Å². The molecule has 2 aromatic carbocycles. The van der Waals surface area contributed by atoms with Crippen molar-refractivity contribution >= 4 is 10.8 Å². The highest BCUT2D eigenvalue weighted by Crippen LogP contribution is 2.18. The average molecular weight is 206 g/mol. The summed E-state index contributed by atoms with van der Waals surface area (Å²) >= 11 is 0. The molecule has 0 N–H and O–H groups in total. The lowest BCUT2D eigenvalue weighted by Crippen LogP contribution is -1.84. The molecular formula is C14H10N2. The highest BCUT2D eigenvalue weighted by molar-refractivity contribution is 5.83. The Labute approximate surface area is 94.6 Å². The third-order valence-electron chi connectivity index (χ3n) is 2.51. The molecule has 16 heavy (non-hydrogen) atoms. The summed E-state index contributed by atoms with van der Waals surface area (Å²) in [5, 5.41) is 10.9. The molecule has 0 atom stereocenters. The van der Waals surface area contributed by atoms with Crippen molar-refractivity contribution < 1.29 is 0 Å². The molecule has 0 amide bonds. The van der Waals surface area contributed by atoms with Crippen LogP contribution in [0.4, 0.5) is 0 Å². The Morgan fingerprint density at radius 3 is 2.31 bits per heavy atom. The molecule has 0 spiro atoms. The first-order chi connectivity index (χ1) is 7.83. The summed E-state index contributed by atoms with van der Waals surface area (Å²) in [4.78, 5) is 3.37. The fourth-order valence-electron chi connectivity index (χ4n) is 1.74. The minimum absolute atomic E-state index is 0.426. The molecule has 0 radical (unpaired) electrons. The minimum atomic E-state index is 0.426. The van der Waals surface area contributed by atoms with Crippen molar-refractivity contribution in [3.63, 3.8) is 0 Å². The lowest BCUT2D eigenvalue weighted by atomic mass is 10.0. The van der Waals surface area contributed by atoms with E-state index in [2.05, 4.69) is 10.9 Å². The van der Waals surface area contributed by atoms with Crippen LogP contribution < -0.4 is 0 Å². The van der Waals surface area contributed by atoms with E-state index in [9.17, 15) is 0 Å². The largest absolute Gasteiger partial charge is 0.312 e. The monoisotopic (exact) mass is 206 g/mol. The number of rotatable bonds is 2. The maximum Gasteiger partial charge on any atom is 0.239 e. The van der Waals surface area contributed by atoms with Gasteiger partial charge in [0.05, 0.1) is 12.5 Å². The van der Waals surface area contributed by atoms with Crippen molar-refractivity contribution in [1.82, 2.24) is 0 Å². The van der Waals surface area contributed by atoms with E-state index >= 15 is 0 Å². The summed E-state index contributed by atoms with van der Waals surface area (Å²) < 4.78 is 0. The van der Waals surface area contributed by atoms with Crippen LogP contribution in [0.2, 0.25) is 0 Å². The van der Waals surface area contributed by atoms with Gasteiger partial charge in [-0.25, -0.2) is 6.57 Å². The Kier molecular flexibility index (Phi) is 2.85. The van der Waals surface area contributed by atoms with Gasteiger partial charge in [0.2, 0.25) is 6.54 Å². The van der Waals surface area contributed by atoms with Gasteiger partial charge in [0.1, 0.15) is 0 Å². The van der Waals surface area contributed by atoms with Crippen LogP contribution in [-0.2, 0) is 13.0 Å². The summed E-state index contributed by atoms with van der Waals surface area (Å²) in [5.74, 6) is 0. The Morgan fingerprint density at radius 2 is 1.69 bits per heavy atom. The number of hydrogen-bond acceptors (Lipinski definition) is 1. The van der Waals surface area contributed by atoms with E-state index in [-0.39, 0.29) is 0 Å². The van der Waals surface area contributed by atoms with Crippen molar-refractivity contribution in [2.75, 3.05) is 0 Å². The quantitative estimate of drug-likeness (QED) is 0.693. The molecule has 76 valence electrons. The SMILES string of the molecule is [C-]#[N+]Cc1ccc2cc(CC#N)ccc2c1.